The molecule has 0 saturated carbocycles. The van der Waals surface area contributed by atoms with Gasteiger partial charge in [0.1, 0.15) is 17.2 Å². The summed E-state index contributed by atoms with van der Waals surface area (Å²) in [5.41, 5.74) is 1.32. The summed E-state index contributed by atoms with van der Waals surface area (Å²) in [5.74, 6) is 1.43. The number of carbonyl (C=O) groups is 2. The summed E-state index contributed by atoms with van der Waals surface area (Å²) in [7, 11) is 1.61. The minimum absolute atomic E-state index is 0.207. The Balaban J connectivity index is 1.74. The van der Waals surface area contributed by atoms with Crippen LogP contribution in [0.25, 0.3) is 6.08 Å². The zero-order valence-electron chi connectivity index (χ0n) is 16.7. The number of hydrogen-bond acceptors (Lipinski definition) is 5. The van der Waals surface area contributed by atoms with E-state index in [2.05, 4.69) is 0 Å². The molecular formula is C23H23NO5. The van der Waals surface area contributed by atoms with Gasteiger partial charge in [-0.05, 0) is 38.1 Å². The van der Waals surface area contributed by atoms with E-state index in [4.69, 9.17) is 14.2 Å². The molecule has 1 amide bonds. The summed E-state index contributed by atoms with van der Waals surface area (Å²) in [5, 5.41) is 0. The highest BCUT2D eigenvalue weighted by Crippen LogP contribution is 2.34. The highest BCUT2D eigenvalue weighted by atomic mass is 16.6. The maximum Gasteiger partial charge on any atom is 0.415 e. The number of fused-ring (bicyclic) bond motifs is 1. The SMILES string of the molecule is CCN(CC)C(=O)Oc1ccc2c(c1)O/C(=C/C=C/c1ccccc1OC)C2=O. The fourth-order valence-electron chi connectivity index (χ4n) is 2.94. The number of nitrogens with zero attached hydrogens (tertiary/aromatic N) is 1. The molecule has 6 heteroatoms. The van der Waals surface area contributed by atoms with Crippen molar-refractivity contribution < 1.29 is 23.8 Å². The Kier molecular flexibility index (Phi) is 6.34. The number of ketones is 1. The van der Waals surface area contributed by atoms with Gasteiger partial charge in [-0.2, -0.15) is 0 Å². The smallest absolute Gasteiger partial charge is 0.415 e. The molecule has 0 fully saturated rings. The number of allylic oxidation sites excluding steroid dienone is 3. The first-order valence-corrected chi connectivity index (χ1v) is 9.42. The zero-order valence-corrected chi connectivity index (χ0v) is 16.7. The third kappa shape index (κ3) is 4.48. The second-order valence-corrected chi connectivity index (χ2v) is 6.26. The number of para-hydroxylation sites is 1. The first-order valence-electron chi connectivity index (χ1n) is 9.42. The van der Waals surface area contributed by atoms with Gasteiger partial charge in [0.05, 0.1) is 12.7 Å². The van der Waals surface area contributed by atoms with E-state index >= 15 is 0 Å². The van der Waals surface area contributed by atoms with Crippen LogP contribution < -0.4 is 14.2 Å². The van der Waals surface area contributed by atoms with E-state index in [0.29, 0.717) is 30.2 Å². The summed E-state index contributed by atoms with van der Waals surface area (Å²) in [6.07, 6.45) is 4.74. The molecule has 6 nitrogen and oxygen atoms in total. The van der Waals surface area contributed by atoms with Gasteiger partial charge in [0.25, 0.3) is 0 Å². The second-order valence-electron chi connectivity index (χ2n) is 6.26. The Hall–Kier alpha value is -3.54. The van der Waals surface area contributed by atoms with Crippen LogP contribution in [0.5, 0.6) is 17.2 Å². The molecule has 2 aromatic rings. The normalized spacial score (nSPS) is 14.0. The fraction of sp³-hybridized carbons (Fsp3) is 0.217. The van der Waals surface area contributed by atoms with Crippen molar-refractivity contribution in [3.05, 3.63) is 71.5 Å². The maximum absolute atomic E-state index is 12.5. The summed E-state index contributed by atoms with van der Waals surface area (Å²) in [6.45, 7) is 4.87. The van der Waals surface area contributed by atoms with Gasteiger partial charge in [-0.15, -0.1) is 0 Å². The molecule has 0 aliphatic carbocycles. The van der Waals surface area contributed by atoms with Gasteiger partial charge >= 0.3 is 6.09 Å². The van der Waals surface area contributed by atoms with Crippen LogP contribution in [0.1, 0.15) is 29.8 Å². The minimum atomic E-state index is -0.435. The van der Waals surface area contributed by atoms with Crippen LogP contribution in [0.4, 0.5) is 4.79 Å². The van der Waals surface area contributed by atoms with Crippen molar-refractivity contribution in [2.24, 2.45) is 0 Å². The molecule has 0 atom stereocenters. The van der Waals surface area contributed by atoms with Crippen LogP contribution in [0.2, 0.25) is 0 Å². The lowest BCUT2D eigenvalue weighted by Gasteiger charge is -2.17. The van der Waals surface area contributed by atoms with Crippen molar-refractivity contribution in [1.29, 1.82) is 0 Å². The van der Waals surface area contributed by atoms with Gasteiger partial charge in [0, 0.05) is 24.7 Å². The molecule has 1 heterocycles. The van der Waals surface area contributed by atoms with Gasteiger partial charge in [-0.1, -0.05) is 30.4 Å². The number of Topliss-reactive ketones (excluding diaryl/α,β-unsaturated/α-hetero) is 1. The number of amides is 1. The second kappa shape index (κ2) is 9.10. The molecule has 0 aromatic heterocycles. The number of hydrogen-bond donors (Lipinski definition) is 0. The van der Waals surface area contributed by atoms with E-state index in [0.717, 1.165) is 11.3 Å². The molecular weight excluding hydrogens is 370 g/mol. The lowest BCUT2D eigenvalue weighted by atomic mass is 10.1. The first-order chi connectivity index (χ1) is 14.1. The largest absolute Gasteiger partial charge is 0.496 e. The number of methoxy groups -OCH3 is 1. The fourth-order valence-corrected chi connectivity index (χ4v) is 2.94. The third-order valence-electron chi connectivity index (χ3n) is 4.53. The number of rotatable bonds is 6. The summed E-state index contributed by atoms with van der Waals surface area (Å²) < 4.78 is 16.3. The molecule has 1 aliphatic rings. The predicted molar refractivity (Wildman–Crippen MR) is 110 cm³/mol. The highest BCUT2D eigenvalue weighted by Gasteiger charge is 2.27. The Morgan fingerprint density at radius 3 is 2.62 bits per heavy atom. The van der Waals surface area contributed by atoms with Gasteiger partial charge in [0.15, 0.2) is 5.76 Å². The average Bonchev–Trinajstić information content (AvgIpc) is 3.04. The van der Waals surface area contributed by atoms with Crippen LogP contribution in [-0.4, -0.2) is 37.0 Å². The first kappa shape index (κ1) is 20.2. The van der Waals surface area contributed by atoms with E-state index in [9.17, 15) is 9.59 Å². The number of benzene rings is 2. The molecule has 2 aromatic carbocycles. The zero-order chi connectivity index (χ0) is 20.8. The van der Waals surface area contributed by atoms with Crippen LogP contribution in [0.3, 0.4) is 0 Å². The highest BCUT2D eigenvalue weighted by molar-refractivity contribution is 6.12. The maximum atomic E-state index is 12.5. The van der Waals surface area contributed by atoms with Crippen molar-refractivity contribution in [3.63, 3.8) is 0 Å². The number of ether oxygens (including phenoxy) is 3. The van der Waals surface area contributed by atoms with Crippen LogP contribution in [-0.2, 0) is 0 Å². The molecule has 0 saturated heterocycles. The molecule has 3 rings (SSSR count). The van der Waals surface area contributed by atoms with Gasteiger partial charge in [0.2, 0.25) is 5.78 Å². The van der Waals surface area contributed by atoms with Crippen LogP contribution in [0, 0.1) is 0 Å². The van der Waals surface area contributed by atoms with E-state index in [-0.39, 0.29) is 11.5 Å². The van der Waals surface area contributed by atoms with Crippen LogP contribution in [0.15, 0.2) is 60.4 Å². The Morgan fingerprint density at radius 2 is 1.90 bits per heavy atom. The van der Waals surface area contributed by atoms with Gasteiger partial charge < -0.3 is 19.1 Å². The van der Waals surface area contributed by atoms with Gasteiger partial charge in [-0.25, -0.2) is 4.79 Å². The topological polar surface area (TPSA) is 65.1 Å². The minimum Gasteiger partial charge on any atom is -0.496 e. The molecule has 150 valence electrons. The monoisotopic (exact) mass is 393 g/mol. The summed E-state index contributed by atoms with van der Waals surface area (Å²) in [4.78, 5) is 26.2. The van der Waals surface area contributed by atoms with E-state index in [1.54, 1.807) is 42.4 Å². The molecule has 1 aliphatic heterocycles. The average molecular weight is 393 g/mol. The lowest BCUT2D eigenvalue weighted by Crippen LogP contribution is -2.33. The van der Waals surface area contributed by atoms with Crippen molar-refractivity contribution in [2.45, 2.75) is 13.8 Å². The standard InChI is InChI=1S/C23H23NO5/c1-4-24(5-2)23(26)28-17-13-14-18-21(15-17)29-20(22(18)25)12-8-10-16-9-6-7-11-19(16)27-3/h6-15H,4-5H2,1-3H3/b10-8+,20-12+. The Bertz CT molecular complexity index is 973. The molecule has 0 spiro atoms. The molecule has 0 N–H and O–H groups in total. The van der Waals surface area contributed by atoms with E-state index < -0.39 is 6.09 Å². The van der Waals surface area contributed by atoms with Crippen molar-refractivity contribution >= 4 is 18.0 Å². The van der Waals surface area contributed by atoms with Crippen molar-refractivity contribution in [1.82, 2.24) is 4.90 Å². The van der Waals surface area contributed by atoms with Gasteiger partial charge in [-0.3, -0.25) is 4.79 Å². The van der Waals surface area contributed by atoms with E-state index in [1.165, 1.54) is 0 Å². The lowest BCUT2D eigenvalue weighted by molar-refractivity contribution is 0.101. The third-order valence-corrected chi connectivity index (χ3v) is 4.53. The summed E-state index contributed by atoms with van der Waals surface area (Å²) >= 11 is 0. The molecule has 0 unspecified atom stereocenters. The Morgan fingerprint density at radius 1 is 1.14 bits per heavy atom. The van der Waals surface area contributed by atoms with Crippen molar-refractivity contribution in [3.8, 4) is 17.2 Å². The number of carbonyl (C=O) groups excluding carboxylic acids is 2. The summed E-state index contributed by atoms with van der Waals surface area (Å²) in [6, 6.07) is 12.3. The van der Waals surface area contributed by atoms with Crippen molar-refractivity contribution in [2.75, 3.05) is 20.2 Å². The Labute approximate surface area is 170 Å². The molecule has 0 radical (unpaired) electrons. The van der Waals surface area contributed by atoms with Crippen LogP contribution >= 0.6 is 0 Å². The molecule has 29 heavy (non-hydrogen) atoms. The predicted octanol–water partition coefficient (Wildman–Crippen LogP) is 4.71. The van der Waals surface area contributed by atoms with E-state index in [1.807, 2.05) is 44.2 Å². The molecule has 0 bridgehead atoms. The quantitative estimate of drug-likeness (QED) is 0.665.